The van der Waals surface area contributed by atoms with E-state index >= 15 is 0 Å². The topological polar surface area (TPSA) is 147 Å². The Morgan fingerprint density at radius 1 is 1.26 bits per heavy atom. The van der Waals surface area contributed by atoms with Crippen molar-refractivity contribution in [3.8, 4) is 11.3 Å². The van der Waals surface area contributed by atoms with Gasteiger partial charge in [0.25, 0.3) is 6.43 Å². The summed E-state index contributed by atoms with van der Waals surface area (Å²) in [5, 5.41) is 27.7. The van der Waals surface area contributed by atoms with E-state index in [1.807, 2.05) is 37.5 Å². The van der Waals surface area contributed by atoms with Crippen molar-refractivity contribution in [2.45, 2.75) is 57.7 Å². The highest BCUT2D eigenvalue weighted by Crippen LogP contribution is 2.32. The fraction of sp³-hybridized carbons (Fsp3) is 0.429. The molecule has 3 N–H and O–H groups in total. The second-order valence-corrected chi connectivity index (χ2v) is 11.0. The second-order valence-electron chi connectivity index (χ2n) is 11.0. The molecule has 5 rings (SSSR count). The largest absolute Gasteiger partial charge is 0.416 e. The summed E-state index contributed by atoms with van der Waals surface area (Å²) in [4.78, 5) is 24.2. The van der Waals surface area contributed by atoms with Crippen molar-refractivity contribution >= 4 is 17.5 Å². The third-order valence-corrected chi connectivity index (χ3v) is 7.10. The molecule has 4 aromatic rings. The van der Waals surface area contributed by atoms with E-state index in [9.17, 15) is 18.7 Å². The van der Waals surface area contributed by atoms with E-state index in [2.05, 4.69) is 40.8 Å². The van der Waals surface area contributed by atoms with E-state index in [0.717, 1.165) is 22.4 Å². The SMILES string of the molecule is C[C@H](O)CN1CC[C@H](NC(=O)c2nnc(C(C)(C)C(F)F)o2)c2ccc(-c3ccnc(Nc4cnn(C)c4)n3)cc2C1. The van der Waals surface area contributed by atoms with Crippen LogP contribution in [0.2, 0.25) is 0 Å². The maximum absolute atomic E-state index is 13.4. The molecule has 12 nitrogen and oxygen atoms in total. The van der Waals surface area contributed by atoms with Crippen molar-refractivity contribution in [1.82, 2.24) is 40.2 Å². The predicted molar refractivity (Wildman–Crippen MR) is 149 cm³/mol. The lowest BCUT2D eigenvalue weighted by Gasteiger charge is -2.22. The number of aliphatic hydroxyl groups is 1. The predicted octanol–water partition coefficient (Wildman–Crippen LogP) is 3.60. The van der Waals surface area contributed by atoms with Crippen LogP contribution < -0.4 is 10.6 Å². The van der Waals surface area contributed by atoms with Crippen molar-refractivity contribution < 1.29 is 23.1 Å². The molecule has 0 bridgehead atoms. The van der Waals surface area contributed by atoms with Gasteiger partial charge in [0.1, 0.15) is 5.41 Å². The number of β-amino-alcohol motifs (C(OH)–C–C–N with tert-alkyl or cyclic N) is 1. The first-order chi connectivity index (χ1) is 20.0. The molecule has 2 atom stereocenters. The summed E-state index contributed by atoms with van der Waals surface area (Å²) in [6, 6.07) is 7.27. The van der Waals surface area contributed by atoms with Crippen molar-refractivity contribution in [1.29, 1.82) is 0 Å². The Morgan fingerprint density at radius 2 is 2.07 bits per heavy atom. The molecule has 1 aromatic carbocycles. The smallest absolute Gasteiger partial charge is 0.309 e. The maximum atomic E-state index is 13.4. The van der Waals surface area contributed by atoms with E-state index in [1.54, 1.807) is 24.0 Å². The summed E-state index contributed by atoms with van der Waals surface area (Å²) in [5.41, 5.74) is 2.45. The Kier molecular flexibility index (Phi) is 8.27. The molecule has 4 heterocycles. The summed E-state index contributed by atoms with van der Waals surface area (Å²) >= 11 is 0. The van der Waals surface area contributed by atoms with Gasteiger partial charge in [-0.05, 0) is 50.5 Å². The number of carbonyl (C=O) groups is 1. The van der Waals surface area contributed by atoms with Crippen LogP contribution in [0.1, 0.15) is 60.9 Å². The van der Waals surface area contributed by atoms with Gasteiger partial charge in [-0.3, -0.25) is 14.4 Å². The van der Waals surface area contributed by atoms with E-state index in [4.69, 9.17) is 4.42 Å². The molecule has 0 radical (unpaired) electrons. The van der Waals surface area contributed by atoms with Gasteiger partial charge in [0, 0.05) is 44.6 Å². The molecule has 1 amide bonds. The zero-order chi connectivity index (χ0) is 30.0. The third kappa shape index (κ3) is 6.44. The number of carbonyl (C=O) groups excluding carboxylic acids is 1. The molecule has 0 aliphatic carbocycles. The number of anilines is 2. The van der Waals surface area contributed by atoms with Crippen LogP contribution in [-0.4, -0.2) is 71.5 Å². The van der Waals surface area contributed by atoms with Crippen molar-refractivity contribution in [3.63, 3.8) is 0 Å². The highest BCUT2D eigenvalue weighted by atomic mass is 19.3. The normalized spacial score (nSPS) is 16.6. The number of aryl methyl sites for hydroxylation is 1. The van der Waals surface area contributed by atoms with Crippen molar-refractivity contribution in [2.75, 3.05) is 18.4 Å². The number of rotatable bonds is 9. The van der Waals surface area contributed by atoms with Gasteiger partial charge >= 0.3 is 11.8 Å². The van der Waals surface area contributed by atoms with E-state index in [-0.39, 0.29) is 11.8 Å². The quantitative estimate of drug-likeness (QED) is 0.268. The van der Waals surface area contributed by atoms with Crippen LogP contribution in [0.3, 0.4) is 0 Å². The minimum absolute atomic E-state index is 0.307. The summed E-state index contributed by atoms with van der Waals surface area (Å²) < 4.78 is 33.9. The molecule has 3 aromatic heterocycles. The average Bonchev–Trinajstić information content (AvgIpc) is 3.57. The van der Waals surface area contributed by atoms with Gasteiger partial charge in [0.05, 0.1) is 29.7 Å². The van der Waals surface area contributed by atoms with Crippen LogP contribution in [0.15, 0.2) is 47.3 Å². The van der Waals surface area contributed by atoms with Gasteiger partial charge in [0.15, 0.2) is 0 Å². The van der Waals surface area contributed by atoms with E-state index in [0.29, 0.717) is 37.7 Å². The van der Waals surface area contributed by atoms with Gasteiger partial charge < -0.3 is 20.2 Å². The minimum Gasteiger partial charge on any atom is -0.416 e. The minimum atomic E-state index is -2.74. The molecule has 222 valence electrons. The Morgan fingerprint density at radius 3 is 2.79 bits per heavy atom. The molecule has 42 heavy (non-hydrogen) atoms. The first-order valence-corrected chi connectivity index (χ1v) is 13.5. The summed E-state index contributed by atoms with van der Waals surface area (Å²) in [6.45, 7) is 5.87. The number of aromatic nitrogens is 6. The maximum Gasteiger partial charge on any atom is 0.309 e. The fourth-order valence-corrected chi connectivity index (χ4v) is 4.79. The van der Waals surface area contributed by atoms with Crippen molar-refractivity contribution in [2.24, 2.45) is 7.05 Å². The molecule has 14 heteroatoms. The van der Waals surface area contributed by atoms with Gasteiger partial charge in [-0.1, -0.05) is 12.1 Å². The summed E-state index contributed by atoms with van der Waals surface area (Å²) in [5.74, 6) is -0.912. The van der Waals surface area contributed by atoms with Crippen molar-refractivity contribution in [3.05, 3.63) is 65.8 Å². The standard InChI is InChI=1S/C28H33F2N9O3/c1-16(40)13-39-10-8-22(34-23(41)24-36-37-26(42-24)28(2,3)25(29)30)20-6-5-17(11-18(20)14-39)21-7-9-31-27(35-21)33-19-12-32-38(4)15-19/h5-7,9,11-12,15-16,22,25,40H,8,10,13-14H2,1-4H3,(H,34,41)(H,31,33,35)/t16-,22-/m0/s1. The van der Waals surface area contributed by atoms with Crippen LogP contribution in [0, 0.1) is 0 Å². The number of alkyl halides is 2. The lowest BCUT2D eigenvalue weighted by Crippen LogP contribution is -2.32. The van der Waals surface area contributed by atoms with Crippen LogP contribution in [0.4, 0.5) is 20.4 Å². The molecular weight excluding hydrogens is 548 g/mol. The summed E-state index contributed by atoms with van der Waals surface area (Å²) in [7, 11) is 1.82. The number of amides is 1. The molecule has 0 fully saturated rings. The van der Waals surface area contributed by atoms with E-state index in [1.165, 1.54) is 13.8 Å². The highest BCUT2D eigenvalue weighted by Gasteiger charge is 2.38. The molecule has 1 aliphatic heterocycles. The number of nitrogens with zero attached hydrogens (tertiary/aromatic N) is 7. The Balaban J connectivity index is 1.41. The van der Waals surface area contributed by atoms with Crippen LogP contribution in [0.25, 0.3) is 11.3 Å². The number of nitrogens with one attached hydrogen (secondary N) is 2. The monoisotopic (exact) mass is 581 g/mol. The molecule has 0 saturated heterocycles. The Bertz CT molecular complexity index is 1550. The first kappa shape index (κ1) is 29.2. The molecule has 0 unspecified atom stereocenters. The highest BCUT2D eigenvalue weighted by molar-refractivity contribution is 5.89. The van der Waals surface area contributed by atoms with Gasteiger partial charge in [-0.15, -0.1) is 10.2 Å². The fourth-order valence-electron chi connectivity index (χ4n) is 4.79. The van der Waals surface area contributed by atoms with E-state index < -0.39 is 29.9 Å². The lowest BCUT2D eigenvalue weighted by molar-refractivity contribution is 0.0527. The molecule has 1 aliphatic rings. The van der Waals surface area contributed by atoms with Gasteiger partial charge in [-0.2, -0.15) is 5.10 Å². The van der Waals surface area contributed by atoms with Crippen LogP contribution in [-0.2, 0) is 19.0 Å². The van der Waals surface area contributed by atoms with Gasteiger partial charge in [0.2, 0.25) is 11.8 Å². The molecule has 0 spiro atoms. The Labute approximate surface area is 241 Å². The second kappa shape index (κ2) is 11.9. The zero-order valence-corrected chi connectivity index (χ0v) is 23.8. The number of hydrogen-bond donors (Lipinski definition) is 3. The summed E-state index contributed by atoms with van der Waals surface area (Å²) in [6.07, 6.45) is 2.43. The lowest BCUT2D eigenvalue weighted by atomic mass is 9.94. The zero-order valence-electron chi connectivity index (χ0n) is 23.8. The number of fused-ring (bicyclic) bond motifs is 1. The Hall–Kier alpha value is -4.30. The number of aliphatic hydroxyl groups excluding tert-OH is 1. The average molecular weight is 582 g/mol. The van der Waals surface area contributed by atoms with Gasteiger partial charge in [-0.25, -0.2) is 18.7 Å². The number of hydrogen-bond acceptors (Lipinski definition) is 10. The number of halogens is 2. The van der Waals surface area contributed by atoms with Crippen LogP contribution >= 0.6 is 0 Å². The van der Waals surface area contributed by atoms with Crippen LogP contribution in [0.5, 0.6) is 0 Å². The number of benzene rings is 1. The molecule has 0 saturated carbocycles. The molecular formula is C28H33F2N9O3. The first-order valence-electron chi connectivity index (χ1n) is 13.5. The third-order valence-electron chi connectivity index (χ3n) is 7.10.